The van der Waals surface area contributed by atoms with Gasteiger partial charge in [-0.15, -0.1) is 0 Å². The molecule has 4 rings (SSSR count). The number of rotatable bonds is 5. The van der Waals surface area contributed by atoms with Gasteiger partial charge in [-0.2, -0.15) is 0 Å². The van der Waals surface area contributed by atoms with Gasteiger partial charge in [-0.25, -0.2) is 0 Å². The first-order chi connectivity index (χ1) is 11.7. The summed E-state index contributed by atoms with van der Waals surface area (Å²) in [6, 6.07) is 11.4. The minimum Gasteiger partial charge on any atom is -0.388 e. The molecule has 3 aliphatic rings. The first-order valence-corrected chi connectivity index (χ1v) is 9.52. The molecule has 3 atom stereocenters. The van der Waals surface area contributed by atoms with Crippen molar-refractivity contribution < 1.29 is 9.84 Å². The van der Waals surface area contributed by atoms with Crippen LogP contribution in [0, 0.1) is 11.8 Å². The molecule has 2 N–H and O–H groups in total. The number of likely N-dealkylation sites (tertiary alicyclic amines) is 1. The van der Waals surface area contributed by atoms with Gasteiger partial charge >= 0.3 is 0 Å². The lowest BCUT2D eigenvalue weighted by Gasteiger charge is -2.34. The van der Waals surface area contributed by atoms with Gasteiger partial charge in [-0.1, -0.05) is 30.3 Å². The van der Waals surface area contributed by atoms with Gasteiger partial charge < -0.3 is 15.2 Å². The molecule has 0 bridgehead atoms. The lowest BCUT2D eigenvalue weighted by atomic mass is 9.92. The second kappa shape index (κ2) is 7.12. The summed E-state index contributed by atoms with van der Waals surface area (Å²) in [5.41, 5.74) is 0.858. The maximum atomic E-state index is 10.7. The first kappa shape index (κ1) is 16.5. The van der Waals surface area contributed by atoms with Crippen molar-refractivity contribution in [1.29, 1.82) is 0 Å². The van der Waals surface area contributed by atoms with E-state index in [1.807, 2.05) is 0 Å². The maximum absolute atomic E-state index is 10.7. The van der Waals surface area contributed by atoms with Gasteiger partial charge in [-0.3, -0.25) is 4.90 Å². The van der Waals surface area contributed by atoms with Gasteiger partial charge in [0.1, 0.15) is 0 Å². The Morgan fingerprint density at radius 3 is 2.71 bits per heavy atom. The van der Waals surface area contributed by atoms with E-state index in [1.54, 1.807) is 0 Å². The van der Waals surface area contributed by atoms with Crippen LogP contribution in [0.4, 0.5) is 0 Å². The van der Waals surface area contributed by atoms with Crippen LogP contribution in [0.2, 0.25) is 0 Å². The third-order valence-corrected chi connectivity index (χ3v) is 6.30. The van der Waals surface area contributed by atoms with Crippen molar-refractivity contribution in [3.05, 3.63) is 35.9 Å². The van der Waals surface area contributed by atoms with Crippen LogP contribution in [-0.2, 0) is 11.3 Å². The standard InChI is InChI=1S/C20H30N2O2/c23-20(8-10-24-11-9-20)15-21-19-7-6-17-13-22(14-18(17)19)12-16-4-2-1-3-5-16/h1-5,17-19,21,23H,6-15H2. The molecule has 0 spiro atoms. The van der Waals surface area contributed by atoms with Gasteiger partial charge in [0, 0.05) is 58.3 Å². The van der Waals surface area contributed by atoms with Crippen molar-refractivity contribution in [3.8, 4) is 0 Å². The summed E-state index contributed by atoms with van der Waals surface area (Å²) in [6.45, 7) is 5.61. The van der Waals surface area contributed by atoms with Gasteiger partial charge in [-0.05, 0) is 30.2 Å². The zero-order valence-corrected chi connectivity index (χ0v) is 14.5. The molecule has 3 unspecified atom stereocenters. The molecule has 4 nitrogen and oxygen atoms in total. The van der Waals surface area contributed by atoms with Crippen molar-refractivity contribution >= 4 is 0 Å². The highest BCUT2D eigenvalue weighted by Crippen LogP contribution is 2.39. The van der Waals surface area contributed by atoms with E-state index in [9.17, 15) is 5.11 Å². The maximum Gasteiger partial charge on any atom is 0.0815 e. The van der Waals surface area contributed by atoms with Crippen molar-refractivity contribution in [1.82, 2.24) is 10.2 Å². The zero-order chi connectivity index (χ0) is 16.4. The minimum atomic E-state index is -0.557. The second-order valence-corrected chi connectivity index (χ2v) is 8.01. The minimum absolute atomic E-state index is 0.557. The molecular weight excluding hydrogens is 300 g/mol. The van der Waals surface area contributed by atoms with Gasteiger partial charge in [0.15, 0.2) is 0 Å². The van der Waals surface area contributed by atoms with Crippen LogP contribution in [0.15, 0.2) is 30.3 Å². The average Bonchev–Trinajstić information content (AvgIpc) is 3.15. The molecule has 4 heteroatoms. The molecule has 24 heavy (non-hydrogen) atoms. The van der Waals surface area contributed by atoms with E-state index in [4.69, 9.17) is 4.74 Å². The third kappa shape index (κ3) is 3.67. The second-order valence-electron chi connectivity index (χ2n) is 8.01. The largest absolute Gasteiger partial charge is 0.388 e. The lowest BCUT2D eigenvalue weighted by Crippen LogP contribution is -2.49. The molecule has 1 aliphatic carbocycles. The highest BCUT2D eigenvalue weighted by Gasteiger charge is 2.43. The SMILES string of the molecule is OC1(CNC2CCC3CN(Cc4ccccc4)CC32)CCOCC1. The van der Waals surface area contributed by atoms with E-state index in [0.29, 0.717) is 19.3 Å². The Bertz CT molecular complexity index is 530. The Morgan fingerprint density at radius 2 is 1.92 bits per heavy atom. The summed E-state index contributed by atoms with van der Waals surface area (Å²) < 4.78 is 5.38. The summed E-state index contributed by atoms with van der Waals surface area (Å²) >= 11 is 0. The Labute approximate surface area is 145 Å². The highest BCUT2D eigenvalue weighted by molar-refractivity contribution is 5.15. The smallest absolute Gasteiger partial charge is 0.0815 e. The first-order valence-electron chi connectivity index (χ1n) is 9.52. The molecule has 2 aliphatic heterocycles. The number of hydrogen-bond donors (Lipinski definition) is 2. The molecule has 0 amide bonds. The fraction of sp³-hybridized carbons (Fsp3) is 0.700. The molecule has 2 saturated heterocycles. The summed E-state index contributed by atoms with van der Waals surface area (Å²) in [5, 5.41) is 14.4. The molecule has 2 heterocycles. The van der Waals surface area contributed by atoms with E-state index in [2.05, 4.69) is 40.5 Å². The number of ether oxygens (including phenoxy) is 1. The number of aliphatic hydroxyl groups is 1. The lowest BCUT2D eigenvalue weighted by molar-refractivity contribution is -0.0632. The van der Waals surface area contributed by atoms with Crippen LogP contribution in [-0.4, -0.2) is 54.5 Å². The van der Waals surface area contributed by atoms with Crippen LogP contribution in [0.25, 0.3) is 0 Å². The number of nitrogens with one attached hydrogen (secondary N) is 1. The Hall–Kier alpha value is -0.940. The van der Waals surface area contributed by atoms with E-state index in [1.165, 1.54) is 31.5 Å². The summed E-state index contributed by atoms with van der Waals surface area (Å²) in [6.07, 6.45) is 4.12. The fourth-order valence-corrected chi connectivity index (χ4v) is 4.83. The van der Waals surface area contributed by atoms with Crippen molar-refractivity contribution in [2.24, 2.45) is 11.8 Å². The number of benzene rings is 1. The van der Waals surface area contributed by atoms with Gasteiger partial charge in [0.2, 0.25) is 0 Å². The van der Waals surface area contributed by atoms with Crippen molar-refractivity contribution in [2.45, 2.75) is 43.9 Å². The predicted molar refractivity (Wildman–Crippen MR) is 94.7 cm³/mol. The molecule has 1 aromatic carbocycles. The van der Waals surface area contributed by atoms with Gasteiger partial charge in [0.25, 0.3) is 0 Å². The van der Waals surface area contributed by atoms with Crippen LogP contribution in [0.3, 0.4) is 0 Å². The molecule has 0 aromatic heterocycles. The molecule has 132 valence electrons. The highest BCUT2D eigenvalue weighted by atomic mass is 16.5. The van der Waals surface area contributed by atoms with Crippen LogP contribution in [0.1, 0.15) is 31.2 Å². The molecular formula is C20H30N2O2. The fourth-order valence-electron chi connectivity index (χ4n) is 4.83. The van der Waals surface area contributed by atoms with Crippen molar-refractivity contribution in [3.63, 3.8) is 0 Å². The Balaban J connectivity index is 1.30. The van der Waals surface area contributed by atoms with Crippen LogP contribution >= 0.6 is 0 Å². The van der Waals surface area contributed by atoms with Crippen LogP contribution in [0.5, 0.6) is 0 Å². The summed E-state index contributed by atoms with van der Waals surface area (Å²) in [7, 11) is 0. The molecule has 3 fully saturated rings. The van der Waals surface area contributed by atoms with E-state index in [-0.39, 0.29) is 0 Å². The normalized spacial score (nSPS) is 32.8. The third-order valence-electron chi connectivity index (χ3n) is 6.30. The number of hydrogen-bond acceptors (Lipinski definition) is 4. The molecule has 0 radical (unpaired) electrons. The Morgan fingerprint density at radius 1 is 1.12 bits per heavy atom. The van der Waals surface area contributed by atoms with E-state index < -0.39 is 5.60 Å². The van der Waals surface area contributed by atoms with E-state index >= 15 is 0 Å². The van der Waals surface area contributed by atoms with Crippen molar-refractivity contribution in [2.75, 3.05) is 32.8 Å². The number of nitrogens with zero attached hydrogens (tertiary/aromatic N) is 1. The van der Waals surface area contributed by atoms with E-state index in [0.717, 1.165) is 37.8 Å². The van der Waals surface area contributed by atoms with Gasteiger partial charge in [0.05, 0.1) is 5.60 Å². The molecule has 1 saturated carbocycles. The average molecular weight is 330 g/mol. The number of fused-ring (bicyclic) bond motifs is 1. The van der Waals surface area contributed by atoms with Crippen LogP contribution < -0.4 is 5.32 Å². The monoisotopic (exact) mass is 330 g/mol. The topological polar surface area (TPSA) is 44.7 Å². The quantitative estimate of drug-likeness (QED) is 0.867. The summed E-state index contributed by atoms with van der Waals surface area (Å²) in [4.78, 5) is 2.61. The predicted octanol–water partition coefficient (Wildman–Crippen LogP) is 2.03. The Kier molecular flexibility index (Phi) is 4.90. The molecule has 1 aromatic rings. The summed E-state index contributed by atoms with van der Waals surface area (Å²) in [5.74, 6) is 1.58. The zero-order valence-electron chi connectivity index (χ0n) is 14.5.